The van der Waals surface area contributed by atoms with Crippen LogP contribution in [0, 0.1) is 16.7 Å². The van der Waals surface area contributed by atoms with Crippen LogP contribution < -0.4 is 10.6 Å². The van der Waals surface area contributed by atoms with E-state index in [0.29, 0.717) is 24.1 Å². The highest BCUT2D eigenvalue weighted by Crippen LogP contribution is 2.56. The van der Waals surface area contributed by atoms with Crippen molar-refractivity contribution in [3.63, 3.8) is 0 Å². The molecule has 3 N–H and O–H groups in total. The second-order valence-corrected chi connectivity index (χ2v) is 10.8. The van der Waals surface area contributed by atoms with E-state index in [4.69, 9.17) is 27.9 Å². The molecule has 0 saturated heterocycles. The Balaban J connectivity index is 1.73. The lowest BCUT2D eigenvalue weighted by Crippen LogP contribution is -2.53. The lowest BCUT2D eigenvalue weighted by atomic mass is 9.65. The molecule has 2 aromatic carbocycles. The first-order valence-corrected chi connectivity index (χ1v) is 12.5. The van der Waals surface area contributed by atoms with Gasteiger partial charge in [-0.15, -0.1) is 0 Å². The normalized spacial score (nSPS) is 21.1. The molecule has 10 heteroatoms. The molecule has 1 saturated carbocycles. The van der Waals surface area contributed by atoms with Crippen molar-refractivity contribution in [1.82, 2.24) is 5.32 Å². The average Bonchev–Trinajstić information content (AvgIpc) is 3.08. The van der Waals surface area contributed by atoms with Gasteiger partial charge in [-0.2, -0.15) is 0 Å². The van der Waals surface area contributed by atoms with Crippen LogP contribution in [0.3, 0.4) is 0 Å². The Morgan fingerprint density at radius 1 is 1.05 bits per heavy atom. The number of rotatable bonds is 8. The molecule has 3 atom stereocenters. The smallest absolute Gasteiger partial charge is 0.328 e. The molecule has 2 unspecified atom stereocenters. The number of carboxylic acid groups (broad SMARTS) is 1. The maximum absolute atomic E-state index is 13.4. The summed E-state index contributed by atoms with van der Waals surface area (Å²) < 4.78 is 4.91. The summed E-state index contributed by atoms with van der Waals surface area (Å²) in [4.78, 5) is 50.2. The van der Waals surface area contributed by atoms with E-state index < -0.39 is 46.5 Å². The van der Waals surface area contributed by atoms with Crippen LogP contribution in [0.1, 0.15) is 49.5 Å². The number of carboxylic acids is 1. The molecule has 2 amide bonds. The van der Waals surface area contributed by atoms with Crippen LogP contribution in [-0.4, -0.2) is 42.0 Å². The highest BCUT2D eigenvalue weighted by Gasteiger charge is 2.58. The summed E-state index contributed by atoms with van der Waals surface area (Å²) in [7, 11) is 1.24. The highest BCUT2D eigenvalue weighted by molar-refractivity contribution is 6.40. The summed E-state index contributed by atoms with van der Waals surface area (Å²) in [5.74, 6) is -3.07. The standard InChI is InChI=1S/C27H30Cl2N2O6/c1-26(2)17(23(33)34)12-13-27(26,3)25(36)31-20(24(35)37-4)14-15-8-10-16(11-9-15)30-22(32)21-18(28)6-5-7-19(21)29/h5-11,17,20H,12-14H2,1-4H3,(H,30,32)(H,31,36)(H,33,34)/t17?,20-,27?/m1/s1. The van der Waals surface area contributed by atoms with E-state index in [1.54, 1.807) is 63.2 Å². The van der Waals surface area contributed by atoms with E-state index in [1.165, 1.54) is 7.11 Å². The van der Waals surface area contributed by atoms with Crippen molar-refractivity contribution in [2.75, 3.05) is 12.4 Å². The molecule has 1 aliphatic carbocycles. The molecule has 0 bridgehead atoms. The van der Waals surface area contributed by atoms with Crippen molar-refractivity contribution in [3.8, 4) is 0 Å². The highest BCUT2D eigenvalue weighted by atomic mass is 35.5. The van der Waals surface area contributed by atoms with E-state index in [1.807, 2.05) is 0 Å². The molecule has 0 spiro atoms. The Kier molecular flexibility index (Phi) is 8.55. The maximum Gasteiger partial charge on any atom is 0.328 e. The first-order valence-electron chi connectivity index (χ1n) is 11.8. The van der Waals surface area contributed by atoms with Gasteiger partial charge in [0, 0.05) is 12.1 Å². The SMILES string of the molecule is COC(=O)[C@@H](Cc1ccc(NC(=O)c2c(Cl)cccc2Cl)cc1)NC(=O)C1(C)CCC(C(=O)O)C1(C)C. The van der Waals surface area contributed by atoms with Gasteiger partial charge in [-0.05, 0) is 48.1 Å². The van der Waals surface area contributed by atoms with Gasteiger partial charge in [-0.25, -0.2) is 4.79 Å². The number of methoxy groups -OCH3 is 1. The molecule has 8 nitrogen and oxygen atoms in total. The van der Waals surface area contributed by atoms with E-state index >= 15 is 0 Å². The number of halogens is 2. The van der Waals surface area contributed by atoms with Crippen LogP contribution in [0.15, 0.2) is 42.5 Å². The fourth-order valence-corrected chi connectivity index (χ4v) is 5.43. The molecule has 0 heterocycles. The van der Waals surface area contributed by atoms with Gasteiger partial charge in [0.25, 0.3) is 5.91 Å². The number of carbonyl (C=O) groups is 4. The minimum atomic E-state index is -0.976. The van der Waals surface area contributed by atoms with Gasteiger partial charge in [0.05, 0.1) is 34.1 Å². The Hall–Kier alpha value is -3.10. The van der Waals surface area contributed by atoms with Crippen LogP contribution in [-0.2, 0) is 25.5 Å². The number of amides is 2. The molecule has 2 aromatic rings. The number of ether oxygens (including phenoxy) is 1. The van der Waals surface area contributed by atoms with Gasteiger partial charge in [0.15, 0.2) is 0 Å². The Labute approximate surface area is 225 Å². The Morgan fingerprint density at radius 2 is 1.65 bits per heavy atom. The van der Waals surface area contributed by atoms with Crippen LogP contribution in [0.25, 0.3) is 0 Å². The zero-order valence-electron chi connectivity index (χ0n) is 21.1. The number of hydrogen-bond acceptors (Lipinski definition) is 5. The summed E-state index contributed by atoms with van der Waals surface area (Å²) in [5.41, 5.74) is -0.423. The van der Waals surface area contributed by atoms with E-state index in [-0.39, 0.29) is 22.0 Å². The third-order valence-corrected chi connectivity index (χ3v) is 8.29. The molecule has 37 heavy (non-hydrogen) atoms. The zero-order valence-corrected chi connectivity index (χ0v) is 22.6. The first-order chi connectivity index (χ1) is 17.3. The van der Waals surface area contributed by atoms with E-state index in [9.17, 15) is 24.3 Å². The maximum atomic E-state index is 13.4. The summed E-state index contributed by atoms with van der Waals surface area (Å²) in [5, 5.41) is 15.6. The van der Waals surface area contributed by atoms with Gasteiger partial charge in [0.2, 0.25) is 5.91 Å². The number of carbonyl (C=O) groups excluding carboxylic acids is 3. The lowest BCUT2D eigenvalue weighted by molar-refractivity contribution is -0.152. The van der Waals surface area contributed by atoms with Crippen molar-refractivity contribution in [2.45, 2.75) is 46.1 Å². The first kappa shape index (κ1) is 28.5. The van der Waals surface area contributed by atoms with Crippen molar-refractivity contribution in [1.29, 1.82) is 0 Å². The Bertz CT molecular complexity index is 1190. The third-order valence-electron chi connectivity index (χ3n) is 7.66. The quantitative estimate of drug-likeness (QED) is 0.400. The van der Waals surface area contributed by atoms with Crippen LogP contribution >= 0.6 is 23.2 Å². The minimum Gasteiger partial charge on any atom is -0.481 e. The second-order valence-electron chi connectivity index (χ2n) is 9.98. The molecular weight excluding hydrogens is 519 g/mol. The molecule has 1 fully saturated rings. The van der Waals surface area contributed by atoms with Crippen molar-refractivity contribution >= 4 is 52.6 Å². The van der Waals surface area contributed by atoms with Gasteiger partial charge in [-0.1, -0.05) is 62.2 Å². The molecular formula is C27H30Cl2N2O6. The Morgan fingerprint density at radius 3 is 2.16 bits per heavy atom. The second kappa shape index (κ2) is 11.1. The number of aliphatic carboxylic acids is 1. The summed E-state index contributed by atoms with van der Waals surface area (Å²) in [6, 6.07) is 10.6. The largest absolute Gasteiger partial charge is 0.481 e. The van der Waals surface area contributed by atoms with Gasteiger partial charge in [-0.3, -0.25) is 14.4 Å². The van der Waals surface area contributed by atoms with Gasteiger partial charge < -0.3 is 20.5 Å². The van der Waals surface area contributed by atoms with Crippen molar-refractivity contribution in [3.05, 3.63) is 63.6 Å². The molecule has 198 valence electrons. The third kappa shape index (κ3) is 5.75. The van der Waals surface area contributed by atoms with Crippen molar-refractivity contribution < 1.29 is 29.0 Å². The number of esters is 1. The fraction of sp³-hybridized carbons (Fsp3) is 0.407. The number of anilines is 1. The minimum absolute atomic E-state index is 0.141. The van der Waals surface area contributed by atoms with Crippen LogP contribution in [0.4, 0.5) is 5.69 Å². The fourth-order valence-electron chi connectivity index (χ4n) is 4.86. The molecule has 3 rings (SSSR count). The van der Waals surface area contributed by atoms with Gasteiger partial charge in [0.1, 0.15) is 6.04 Å². The number of hydrogen-bond donors (Lipinski definition) is 3. The van der Waals surface area contributed by atoms with Crippen LogP contribution in [0.2, 0.25) is 10.0 Å². The van der Waals surface area contributed by atoms with Crippen LogP contribution in [0.5, 0.6) is 0 Å². The molecule has 1 aliphatic rings. The van der Waals surface area contributed by atoms with E-state index in [0.717, 1.165) is 0 Å². The lowest BCUT2D eigenvalue weighted by Gasteiger charge is -2.39. The summed E-state index contributed by atoms with van der Waals surface area (Å²) in [6.07, 6.45) is 0.907. The van der Waals surface area contributed by atoms with Crippen molar-refractivity contribution in [2.24, 2.45) is 16.7 Å². The summed E-state index contributed by atoms with van der Waals surface area (Å²) in [6.45, 7) is 5.28. The number of nitrogens with one attached hydrogen (secondary N) is 2. The number of benzene rings is 2. The van der Waals surface area contributed by atoms with E-state index in [2.05, 4.69) is 10.6 Å². The summed E-state index contributed by atoms with van der Waals surface area (Å²) >= 11 is 12.2. The predicted molar refractivity (Wildman–Crippen MR) is 141 cm³/mol. The molecule has 0 radical (unpaired) electrons. The molecule has 0 aliphatic heterocycles. The zero-order chi connectivity index (χ0) is 27.5. The van der Waals surface area contributed by atoms with Gasteiger partial charge >= 0.3 is 11.9 Å². The monoisotopic (exact) mass is 548 g/mol. The average molecular weight is 549 g/mol. The predicted octanol–water partition coefficient (Wildman–Crippen LogP) is 4.97. The molecule has 0 aromatic heterocycles. The topological polar surface area (TPSA) is 122 Å².